The van der Waals surface area contributed by atoms with E-state index in [0.717, 1.165) is 25.7 Å². The summed E-state index contributed by atoms with van der Waals surface area (Å²) in [5.74, 6) is -0.401. The number of carbonyl (C=O) groups is 1. The van der Waals surface area contributed by atoms with Crippen LogP contribution >= 0.6 is 0 Å². The van der Waals surface area contributed by atoms with E-state index in [2.05, 4.69) is 11.9 Å². The minimum absolute atomic E-state index is 0.0229. The van der Waals surface area contributed by atoms with Crippen molar-refractivity contribution in [2.75, 3.05) is 6.54 Å². The van der Waals surface area contributed by atoms with Crippen molar-refractivity contribution in [1.29, 1.82) is 0 Å². The van der Waals surface area contributed by atoms with Gasteiger partial charge in [-0.25, -0.2) is 14.8 Å². The van der Waals surface area contributed by atoms with E-state index in [1.54, 1.807) is 0 Å². The molecule has 1 saturated carbocycles. The monoisotopic (exact) mass is 339 g/mol. The Morgan fingerprint density at radius 2 is 2.04 bits per heavy atom. The van der Waals surface area contributed by atoms with Crippen LogP contribution in [0.3, 0.4) is 0 Å². The molecule has 0 aromatic carbocycles. The highest BCUT2D eigenvalue weighted by atomic mass is 17.3. The van der Waals surface area contributed by atoms with Gasteiger partial charge >= 0.3 is 5.97 Å². The maximum absolute atomic E-state index is 10.9. The van der Waals surface area contributed by atoms with Gasteiger partial charge in [0.15, 0.2) is 11.5 Å². The summed E-state index contributed by atoms with van der Waals surface area (Å²) in [5.41, 5.74) is -0.630. The Hall–Kier alpha value is -1.18. The molecule has 1 N–H and O–H groups in total. The van der Waals surface area contributed by atoms with Gasteiger partial charge in [0.1, 0.15) is 6.54 Å². The van der Waals surface area contributed by atoms with Crippen LogP contribution in [0.5, 0.6) is 0 Å². The lowest BCUT2D eigenvalue weighted by Crippen LogP contribution is -2.69. The molecule has 4 heterocycles. The molecular formula is C17H25NO6. The molecule has 2 unspecified atom stereocenters. The van der Waals surface area contributed by atoms with Crippen LogP contribution in [0.25, 0.3) is 0 Å². The van der Waals surface area contributed by atoms with E-state index in [4.69, 9.17) is 24.4 Å². The number of hydrogen-bond donors (Lipinski definition) is 1. The molecule has 0 aromatic heterocycles. The van der Waals surface area contributed by atoms with Gasteiger partial charge in [0.2, 0.25) is 12.1 Å². The second-order valence-corrected chi connectivity index (χ2v) is 7.86. The first-order valence-electron chi connectivity index (χ1n) is 8.83. The number of nitrogens with zero attached hydrogens (tertiary/aromatic N) is 1. The normalized spacial score (nSPS) is 51.6. The highest BCUT2D eigenvalue weighted by Gasteiger charge is 2.69. The topological polar surface area (TPSA) is 86.6 Å². The van der Waals surface area contributed by atoms with Crippen LogP contribution in [-0.4, -0.2) is 41.2 Å². The van der Waals surface area contributed by atoms with Gasteiger partial charge in [-0.3, -0.25) is 4.79 Å². The summed E-state index contributed by atoms with van der Waals surface area (Å²) < 4.78 is 12.2. The zero-order valence-electron chi connectivity index (χ0n) is 14.4. The first-order valence-corrected chi connectivity index (χ1v) is 8.83. The Kier molecular flexibility index (Phi) is 3.67. The number of rotatable bonds is 2. The highest BCUT2D eigenvalue weighted by Crippen LogP contribution is 2.59. The largest absolute Gasteiger partial charge is 0.480 e. The Labute approximate surface area is 141 Å². The van der Waals surface area contributed by atoms with Gasteiger partial charge < -0.3 is 14.6 Å². The second kappa shape index (κ2) is 5.41. The summed E-state index contributed by atoms with van der Waals surface area (Å²) in [4.78, 5) is 26.8. The quantitative estimate of drug-likeness (QED) is 0.777. The molecule has 134 valence electrons. The van der Waals surface area contributed by atoms with Crippen LogP contribution in [0.4, 0.5) is 0 Å². The summed E-state index contributed by atoms with van der Waals surface area (Å²) >= 11 is 0. The fraction of sp³-hybridized carbons (Fsp3) is 0.882. The van der Waals surface area contributed by atoms with Crippen LogP contribution in [-0.2, 0) is 24.0 Å². The van der Waals surface area contributed by atoms with E-state index in [9.17, 15) is 4.79 Å². The number of carboxylic acid groups (broad SMARTS) is 1. The van der Waals surface area contributed by atoms with Crippen molar-refractivity contribution in [2.24, 2.45) is 28.7 Å². The number of aliphatic imine (C=N–C) groups is 1. The van der Waals surface area contributed by atoms with E-state index < -0.39 is 23.6 Å². The third-order valence-electron chi connectivity index (χ3n) is 6.37. The number of fused-ring (bicyclic) bond motifs is 2. The third-order valence-corrected chi connectivity index (χ3v) is 6.37. The second-order valence-electron chi connectivity index (χ2n) is 7.86. The molecule has 4 saturated heterocycles. The summed E-state index contributed by atoms with van der Waals surface area (Å²) in [6.45, 7) is 5.87. The standard InChI is InChI=1S/C17H25NO6/c1-9-4-5-12-10(2)14(18-8-13(19)20)21-15-17(12)11(9)6-7-16(3,22-15)23-24-17/h9-12,15H,4-8H2,1-3H3,(H,19,20)/t9-,10-,11?,12?,15-,16+,17-/m1/s1. The molecule has 1 spiro atoms. The van der Waals surface area contributed by atoms with Gasteiger partial charge in [-0.2, -0.15) is 0 Å². The molecule has 1 aliphatic carbocycles. The first-order chi connectivity index (χ1) is 11.4. The minimum Gasteiger partial charge on any atom is -0.480 e. The number of carboxylic acids is 1. The van der Waals surface area contributed by atoms with Crippen molar-refractivity contribution in [3.63, 3.8) is 0 Å². The van der Waals surface area contributed by atoms with Crippen molar-refractivity contribution in [1.82, 2.24) is 0 Å². The number of aliphatic carboxylic acids is 1. The van der Waals surface area contributed by atoms with Gasteiger partial charge in [0.05, 0.1) is 0 Å². The molecule has 24 heavy (non-hydrogen) atoms. The lowest BCUT2D eigenvalue weighted by Gasteiger charge is -2.58. The Balaban J connectivity index is 1.75. The van der Waals surface area contributed by atoms with Crippen molar-refractivity contribution >= 4 is 11.9 Å². The average molecular weight is 339 g/mol. The first kappa shape index (κ1) is 16.3. The van der Waals surface area contributed by atoms with E-state index in [1.807, 2.05) is 13.8 Å². The van der Waals surface area contributed by atoms with Crippen molar-refractivity contribution in [3.05, 3.63) is 0 Å². The van der Waals surface area contributed by atoms with Crippen LogP contribution in [0.1, 0.15) is 46.5 Å². The van der Waals surface area contributed by atoms with Gasteiger partial charge in [-0.05, 0) is 32.1 Å². The molecule has 0 amide bonds. The highest BCUT2D eigenvalue weighted by molar-refractivity contribution is 5.82. The SMILES string of the molecule is C[C@@H]1CCC2[C@@H](C)C(=NCC(=O)O)O[C@@H]3O[C@]4(C)CCC1[C@@]23OO4. The summed E-state index contributed by atoms with van der Waals surface area (Å²) in [7, 11) is 0. The molecular weight excluding hydrogens is 314 g/mol. The minimum atomic E-state index is -0.969. The maximum atomic E-state index is 10.9. The summed E-state index contributed by atoms with van der Waals surface area (Å²) in [6.07, 6.45) is 3.21. The summed E-state index contributed by atoms with van der Waals surface area (Å²) in [5, 5.41) is 8.93. The molecule has 4 aliphatic heterocycles. The van der Waals surface area contributed by atoms with Crippen molar-refractivity contribution in [2.45, 2.75) is 64.1 Å². The molecule has 5 rings (SSSR count). The molecule has 0 radical (unpaired) electrons. The maximum Gasteiger partial charge on any atom is 0.325 e. The zero-order valence-corrected chi connectivity index (χ0v) is 14.4. The molecule has 7 nitrogen and oxygen atoms in total. The number of ether oxygens (including phenoxy) is 2. The lowest BCUT2D eigenvalue weighted by molar-refractivity contribution is -0.557. The predicted octanol–water partition coefficient (Wildman–Crippen LogP) is 2.35. The fourth-order valence-corrected chi connectivity index (χ4v) is 5.10. The Morgan fingerprint density at radius 3 is 2.79 bits per heavy atom. The average Bonchev–Trinajstić information content (AvgIpc) is 2.76. The Bertz CT molecular complexity index is 579. The fourth-order valence-electron chi connectivity index (χ4n) is 5.10. The molecule has 5 fully saturated rings. The van der Waals surface area contributed by atoms with E-state index in [-0.39, 0.29) is 18.4 Å². The number of hydrogen-bond acceptors (Lipinski definition) is 6. The van der Waals surface area contributed by atoms with Crippen LogP contribution in [0, 0.1) is 23.7 Å². The third kappa shape index (κ3) is 2.21. The van der Waals surface area contributed by atoms with E-state index in [1.165, 1.54) is 0 Å². The zero-order chi connectivity index (χ0) is 17.1. The molecule has 5 aliphatic rings. The molecule has 2 bridgehead atoms. The van der Waals surface area contributed by atoms with Gasteiger partial charge in [0, 0.05) is 24.2 Å². The molecule has 7 atom stereocenters. The van der Waals surface area contributed by atoms with Gasteiger partial charge in [-0.15, -0.1) is 0 Å². The van der Waals surface area contributed by atoms with Crippen molar-refractivity contribution < 1.29 is 29.1 Å². The van der Waals surface area contributed by atoms with Gasteiger partial charge in [-0.1, -0.05) is 13.8 Å². The predicted molar refractivity (Wildman–Crippen MR) is 83.0 cm³/mol. The van der Waals surface area contributed by atoms with Crippen LogP contribution in [0.2, 0.25) is 0 Å². The molecule has 7 heteroatoms. The lowest BCUT2D eigenvalue weighted by atomic mass is 9.58. The molecule has 0 aromatic rings. The van der Waals surface area contributed by atoms with E-state index in [0.29, 0.717) is 17.7 Å². The van der Waals surface area contributed by atoms with Crippen LogP contribution < -0.4 is 0 Å². The van der Waals surface area contributed by atoms with Gasteiger partial charge in [0.25, 0.3) is 0 Å². The van der Waals surface area contributed by atoms with Crippen molar-refractivity contribution in [3.8, 4) is 0 Å². The summed E-state index contributed by atoms with van der Waals surface area (Å²) in [6, 6.07) is 0. The smallest absolute Gasteiger partial charge is 0.325 e. The van der Waals surface area contributed by atoms with Crippen LogP contribution in [0.15, 0.2) is 4.99 Å². The van der Waals surface area contributed by atoms with E-state index >= 15 is 0 Å². The Morgan fingerprint density at radius 1 is 1.25 bits per heavy atom.